The van der Waals surface area contributed by atoms with Gasteiger partial charge >= 0.3 is 0 Å². The molecule has 0 saturated heterocycles. The highest BCUT2D eigenvalue weighted by molar-refractivity contribution is 9.11. The fourth-order valence-corrected chi connectivity index (χ4v) is 3.23. The second-order valence-electron chi connectivity index (χ2n) is 4.88. The van der Waals surface area contributed by atoms with Gasteiger partial charge in [0.15, 0.2) is 0 Å². The van der Waals surface area contributed by atoms with Crippen LogP contribution in [0, 0.1) is 0 Å². The molecule has 1 amide bonds. The molecule has 3 nitrogen and oxygen atoms in total. The summed E-state index contributed by atoms with van der Waals surface area (Å²) in [5, 5.41) is 3.37. The molecule has 0 radical (unpaired) electrons. The first-order chi connectivity index (χ1) is 10.2. The molecule has 1 N–H and O–H groups in total. The molecule has 0 aliphatic carbocycles. The van der Waals surface area contributed by atoms with E-state index in [2.05, 4.69) is 37.2 Å². The molecule has 2 aromatic rings. The topological polar surface area (TPSA) is 32.3 Å². The molecule has 0 aromatic heterocycles. The monoisotopic (exact) mass is 408 g/mol. The van der Waals surface area contributed by atoms with E-state index in [0.717, 1.165) is 33.3 Å². The first-order valence-electron chi connectivity index (χ1n) is 6.76. The van der Waals surface area contributed by atoms with Gasteiger partial charge in [-0.2, -0.15) is 0 Å². The van der Waals surface area contributed by atoms with E-state index >= 15 is 0 Å². The Morgan fingerprint density at radius 3 is 2.81 bits per heavy atom. The van der Waals surface area contributed by atoms with Crippen molar-refractivity contribution in [3.05, 3.63) is 57.0 Å². The molecule has 0 atom stereocenters. The smallest absolute Gasteiger partial charge is 0.259 e. The molecule has 2 aromatic carbocycles. The standard InChI is InChI=1S/C16H14Br2N2O/c17-11-6-7-13(18)12(10-11)16(21)20-9-3-8-19-14-4-1-2-5-15(14)20/h1-2,4-7,10,19H,3,8-9H2. The predicted octanol–water partition coefficient (Wildman–Crippen LogP) is 4.67. The normalized spacial score (nSPS) is 14.1. The summed E-state index contributed by atoms with van der Waals surface area (Å²) in [5.74, 6) is 0.0133. The second kappa shape index (κ2) is 6.20. The number of nitrogens with one attached hydrogen (secondary N) is 1. The van der Waals surface area contributed by atoms with Crippen LogP contribution in [0.4, 0.5) is 11.4 Å². The van der Waals surface area contributed by atoms with E-state index in [1.807, 2.05) is 47.4 Å². The first-order valence-corrected chi connectivity index (χ1v) is 8.35. The average Bonchev–Trinajstić information content (AvgIpc) is 2.71. The number of anilines is 2. The average molecular weight is 410 g/mol. The minimum absolute atomic E-state index is 0.0133. The van der Waals surface area contributed by atoms with Crippen molar-refractivity contribution < 1.29 is 4.79 Å². The maximum absolute atomic E-state index is 12.9. The van der Waals surface area contributed by atoms with Gasteiger partial charge in [-0.05, 0) is 52.7 Å². The number of hydrogen-bond acceptors (Lipinski definition) is 2. The van der Waals surface area contributed by atoms with Crippen molar-refractivity contribution in [1.82, 2.24) is 0 Å². The van der Waals surface area contributed by atoms with Crippen LogP contribution in [0.5, 0.6) is 0 Å². The number of benzene rings is 2. The molecule has 1 aliphatic rings. The van der Waals surface area contributed by atoms with Crippen LogP contribution >= 0.6 is 31.9 Å². The number of rotatable bonds is 1. The molecule has 0 unspecified atom stereocenters. The van der Waals surface area contributed by atoms with E-state index in [0.29, 0.717) is 12.1 Å². The molecule has 5 heteroatoms. The molecule has 21 heavy (non-hydrogen) atoms. The molecule has 0 saturated carbocycles. The summed E-state index contributed by atoms with van der Waals surface area (Å²) in [6.07, 6.45) is 0.923. The number of fused-ring (bicyclic) bond motifs is 1. The van der Waals surface area contributed by atoms with E-state index in [9.17, 15) is 4.79 Å². The highest BCUT2D eigenvalue weighted by Crippen LogP contribution is 2.31. The van der Waals surface area contributed by atoms with Crippen molar-refractivity contribution in [1.29, 1.82) is 0 Å². The number of carbonyl (C=O) groups is 1. The van der Waals surface area contributed by atoms with Crippen molar-refractivity contribution >= 4 is 49.1 Å². The van der Waals surface area contributed by atoms with Crippen molar-refractivity contribution in [2.24, 2.45) is 0 Å². The third kappa shape index (κ3) is 2.99. The second-order valence-corrected chi connectivity index (χ2v) is 6.65. The Hall–Kier alpha value is -1.33. The zero-order valence-electron chi connectivity index (χ0n) is 11.3. The largest absolute Gasteiger partial charge is 0.383 e. The number of para-hydroxylation sites is 2. The Labute approximate surface area is 140 Å². The van der Waals surface area contributed by atoms with Gasteiger partial charge in [-0.1, -0.05) is 28.1 Å². The Morgan fingerprint density at radius 1 is 1.14 bits per heavy atom. The lowest BCUT2D eigenvalue weighted by molar-refractivity contribution is 0.0986. The Kier molecular flexibility index (Phi) is 4.31. The van der Waals surface area contributed by atoms with Gasteiger partial charge in [-0.25, -0.2) is 0 Å². The van der Waals surface area contributed by atoms with Gasteiger partial charge in [0.25, 0.3) is 5.91 Å². The van der Waals surface area contributed by atoms with Gasteiger partial charge in [-0.3, -0.25) is 4.79 Å². The highest BCUT2D eigenvalue weighted by atomic mass is 79.9. The van der Waals surface area contributed by atoms with Gasteiger partial charge in [0.1, 0.15) is 0 Å². The van der Waals surface area contributed by atoms with Gasteiger partial charge in [0, 0.05) is 22.0 Å². The maximum Gasteiger partial charge on any atom is 0.259 e. The van der Waals surface area contributed by atoms with Crippen LogP contribution in [-0.4, -0.2) is 19.0 Å². The number of carbonyl (C=O) groups excluding carboxylic acids is 1. The molecular formula is C16H14Br2N2O. The Balaban J connectivity index is 2.03. The van der Waals surface area contributed by atoms with Crippen molar-refractivity contribution in [3.63, 3.8) is 0 Å². The zero-order valence-corrected chi connectivity index (χ0v) is 14.4. The lowest BCUT2D eigenvalue weighted by Crippen LogP contribution is -2.31. The van der Waals surface area contributed by atoms with Gasteiger partial charge in [0.05, 0.1) is 16.9 Å². The number of halogens is 2. The maximum atomic E-state index is 12.9. The molecule has 3 rings (SSSR count). The summed E-state index contributed by atoms with van der Waals surface area (Å²) in [6, 6.07) is 13.6. The lowest BCUT2D eigenvalue weighted by Gasteiger charge is -2.23. The van der Waals surface area contributed by atoms with Crippen LogP contribution in [0.1, 0.15) is 16.8 Å². The quantitative estimate of drug-likeness (QED) is 0.741. The first kappa shape index (κ1) is 14.6. The number of nitrogens with zero attached hydrogens (tertiary/aromatic N) is 1. The Bertz CT molecular complexity index is 688. The highest BCUT2D eigenvalue weighted by Gasteiger charge is 2.23. The molecule has 1 heterocycles. The summed E-state index contributed by atoms with van der Waals surface area (Å²) in [7, 11) is 0. The summed E-state index contributed by atoms with van der Waals surface area (Å²) in [6.45, 7) is 1.59. The van der Waals surface area contributed by atoms with Crippen LogP contribution in [0.25, 0.3) is 0 Å². The molecule has 0 spiro atoms. The molecule has 1 aliphatic heterocycles. The van der Waals surface area contributed by atoms with E-state index in [4.69, 9.17) is 0 Å². The summed E-state index contributed by atoms with van der Waals surface area (Å²) in [5.41, 5.74) is 2.61. The van der Waals surface area contributed by atoms with E-state index in [1.165, 1.54) is 0 Å². The van der Waals surface area contributed by atoms with E-state index < -0.39 is 0 Å². The number of hydrogen-bond donors (Lipinski definition) is 1. The molecule has 108 valence electrons. The fraction of sp³-hybridized carbons (Fsp3) is 0.188. The molecular weight excluding hydrogens is 396 g/mol. The third-order valence-electron chi connectivity index (χ3n) is 3.47. The third-order valence-corrected chi connectivity index (χ3v) is 4.66. The summed E-state index contributed by atoms with van der Waals surface area (Å²) >= 11 is 6.91. The summed E-state index contributed by atoms with van der Waals surface area (Å²) < 4.78 is 1.71. The van der Waals surface area contributed by atoms with Crippen molar-refractivity contribution in [3.8, 4) is 0 Å². The van der Waals surface area contributed by atoms with E-state index in [-0.39, 0.29) is 5.91 Å². The lowest BCUT2D eigenvalue weighted by atomic mass is 10.1. The van der Waals surface area contributed by atoms with Gasteiger partial charge in [-0.15, -0.1) is 0 Å². The van der Waals surface area contributed by atoms with Crippen LogP contribution in [-0.2, 0) is 0 Å². The molecule has 0 fully saturated rings. The predicted molar refractivity (Wildman–Crippen MR) is 93.1 cm³/mol. The van der Waals surface area contributed by atoms with Crippen LogP contribution < -0.4 is 10.2 Å². The number of amides is 1. The molecule has 0 bridgehead atoms. The zero-order chi connectivity index (χ0) is 14.8. The minimum Gasteiger partial charge on any atom is -0.383 e. The van der Waals surface area contributed by atoms with E-state index in [1.54, 1.807) is 0 Å². The van der Waals surface area contributed by atoms with Crippen LogP contribution in [0.3, 0.4) is 0 Å². The SMILES string of the molecule is O=C(c1cc(Br)ccc1Br)N1CCCNc2ccccc21. The summed E-state index contributed by atoms with van der Waals surface area (Å²) in [4.78, 5) is 14.8. The fourth-order valence-electron chi connectivity index (χ4n) is 2.46. The van der Waals surface area contributed by atoms with Gasteiger partial charge < -0.3 is 10.2 Å². The van der Waals surface area contributed by atoms with Crippen LogP contribution in [0.15, 0.2) is 51.4 Å². The minimum atomic E-state index is 0.0133. The Morgan fingerprint density at radius 2 is 1.95 bits per heavy atom. The van der Waals surface area contributed by atoms with Crippen LogP contribution in [0.2, 0.25) is 0 Å². The van der Waals surface area contributed by atoms with Crippen molar-refractivity contribution in [2.75, 3.05) is 23.3 Å². The van der Waals surface area contributed by atoms with Gasteiger partial charge in [0.2, 0.25) is 0 Å². The van der Waals surface area contributed by atoms with Crippen molar-refractivity contribution in [2.45, 2.75) is 6.42 Å².